The molecular weight excluding hydrogens is 278 g/mol. The summed E-state index contributed by atoms with van der Waals surface area (Å²) >= 11 is 6.05. The molecule has 0 aliphatic carbocycles. The van der Waals surface area contributed by atoms with E-state index >= 15 is 0 Å². The van der Waals surface area contributed by atoms with Crippen molar-refractivity contribution < 1.29 is 9.90 Å². The Bertz CT molecular complexity index is 514. The highest BCUT2D eigenvalue weighted by Gasteiger charge is 2.13. The molecule has 0 saturated heterocycles. The van der Waals surface area contributed by atoms with Crippen molar-refractivity contribution in [2.24, 2.45) is 5.92 Å². The van der Waals surface area contributed by atoms with Gasteiger partial charge in [0.15, 0.2) is 0 Å². The molecule has 0 fully saturated rings. The van der Waals surface area contributed by atoms with Gasteiger partial charge in [-0.2, -0.15) is 5.26 Å². The first-order valence-electron chi connectivity index (χ1n) is 6.49. The maximum absolute atomic E-state index is 10.7. The number of carboxylic acid groups (broad SMARTS) is 1. The number of anilines is 1. The Morgan fingerprint density at radius 3 is 2.85 bits per heavy atom. The summed E-state index contributed by atoms with van der Waals surface area (Å²) in [6.07, 6.45) is 3.79. The number of nitrogens with zero attached hydrogens (tertiary/aromatic N) is 2. The molecule has 20 heavy (non-hydrogen) atoms. The van der Waals surface area contributed by atoms with E-state index in [4.69, 9.17) is 22.0 Å². The minimum atomic E-state index is -0.767. The number of hydrogen-bond donors (Lipinski definition) is 2. The van der Waals surface area contributed by atoms with E-state index in [9.17, 15) is 4.79 Å². The molecule has 5 nitrogen and oxygen atoms in total. The molecule has 0 bridgehead atoms. The maximum Gasteiger partial charge on any atom is 0.306 e. The number of carboxylic acids is 1. The quantitative estimate of drug-likeness (QED) is 0.806. The van der Waals surface area contributed by atoms with Crippen LogP contribution in [0.15, 0.2) is 12.3 Å². The highest BCUT2D eigenvalue weighted by atomic mass is 35.5. The number of hydrogen-bond acceptors (Lipinski definition) is 4. The van der Waals surface area contributed by atoms with Gasteiger partial charge >= 0.3 is 5.97 Å². The van der Waals surface area contributed by atoms with Crippen molar-refractivity contribution in [3.05, 3.63) is 22.8 Å². The number of aliphatic carboxylic acids is 1. The number of nitrogens with one attached hydrogen (secondary N) is 1. The second kappa shape index (κ2) is 7.71. The van der Waals surface area contributed by atoms with Gasteiger partial charge in [-0.05, 0) is 25.8 Å². The minimum Gasteiger partial charge on any atom is -0.481 e. The first-order valence-corrected chi connectivity index (χ1v) is 6.87. The summed E-state index contributed by atoms with van der Waals surface area (Å²) in [4.78, 5) is 14.8. The SMILES string of the molecule is CC(CCCC(C)C(=O)O)Nc1nccc(C#N)c1Cl. The van der Waals surface area contributed by atoms with Crippen molar-refractivity contribution in [1.29, 1.82) is 5.26 Å². The van der Waals surface area contributed by atoms with Gasteiger partial charge in [-0.25, -0.2) is 4.98 Å². The number of nitriles is 1. The van der Waals surface area contributed by atoms with Crippen molar-refractivity contribution >= 4 is 23.4 Å². The number of carbonyl (C=O) groups is 1. The van der Waals surface area contributed by atoms with Crippen LogP contribution in [-0.4, -0.2) is 22.1 Å². The van der Waals surface area contributed by atoms with Crippen molar-refractivity contribution in [3.63, 3.8) is 0 Å². The summed E-state index contributed by atoms with van der Waals surface area (Å²) in [5.41, 5.74) is 0.385. The first kappa shape index (κ1) is 16.3. The fourth-order valence-corrected chi connectivity index (χ4v) is 2.00. The van der Waals surface area contributed by atoms with Gasteiger partial charge in [0, 0.05) is 12.2 Å². The molecule has 0 radical (unpaired) electrons. The summed E-state index contributed by atoms with van der Waals surface area (Å²) in [5, 5.41) is 21.2. The largest absolute Gasteiger partial charge is 0.481 e. The summed E-state index contributed by atoms with van der Waals surface area (Å²) in [7, 11) is 0. The standard InChI is InChI=1S/C14H18ClN3O2/c1-9(14(19)20)4-3-5-10(2)18-13-12(15)11(8-16)6-7-17-13/h6-7,9-10H,3-5H2,1-2H3,(H,17,18)(H,19,20). The molecule has 1 heterocycles. The van der Waals surface area contributed by atoms with Crippen LogP contribution in [0.5, 0.6) is 0 Å². The van der Waals surface area contributed by atoms with Gasteiger partial charge in [0.2, 0.25) is 0 Å². The molecule has 0 amide bonds. The van der Waals surface area contributed by atoms with Crippen LogP contribution in [0.2, 0.25) is 5.02 Å². The molecule has 1 aromatic rings. The van der Waals surface area contributed by atoms with Gasteiger partial charge in [0.1, 0.15) is 16.9 Å². The normalized spacial score (nSPS) is 13.3. The van der Waals surface area contributed by atoms with Gasteiger partial charge in [0.05, 0.1) is 11.5 Å². The molecule has 0 aromatic carbocycles. The van der Waals surface area contributed by atoms with E-state index in [-0.39, 0.29) is 12.0 Å². The lowest BCUT2D eigenvalue weighted by Crippen LogP contribution is -2.17. The van der Waals surface area contributed by atoms with Crippen molar-refractivity contribution in [3.8, 4) is 6.07 Å². The number of pyridine rings is 1. The van der Waals surface area contributed by atoms with Gasteiger partial charge in [-0.15, -0.1) is 0 Å². The van der Waals surface area contributed by atoms with Crippen LogP contribution >= 0.6 is 11.6 Å². The van der Waals surface area contributed by atoms with Crippen LogP contribution in [-0.2, 0) is 4.79 Å². The van der Waals surface area contributed by atoms with Crippen LogP contribution in [0, 0.1) is 17.2 Å². The van der Waals surface area contributed by atoms with E-state index in [1.807, 2.05) is 13.0 Å². The Hall–Kier alpha value is -1.80. The fourth-order valence-electron chi connectivity index (χ4n) is 1.79. The molecule has 1 rings (SSSR count). The number of aromatic nitrogens is 1. The molecule has 2 unspecified atom stereocenters. The Morgan fingerprint density at radius 1 is 1.55 bits per heavy atom. The molecule has 6 heteroatoms. The van der Waals surface area contributed by atoms with Gasteiger partial charge in [0.25, 0.3) is 0 Å². The van der Waals surface area contributed by atoms with Gasteiger partial charge < -0.3 is 10.4 Å². The Kier molecular flexibility index (Phi) is 6.26. The van der Waals surface area contributed by atoms with Crippen LogP contribution in [0.25, 0.3) is 0 Å². The molecule has 0 spiro atoms. The zero-order chi connectivity index (χ0) is 15.1. The van der Waals surface area contributed by atoms with Crippen molar-refractivity contribution in [2.75, 3.05) is 5.32 Å². The highest BCUT2D eigenvalue weighted by Crippen LogP contribution is 2.24. The molecule has 0 aliphatic heterocycles. The third-order valence-corrected chi connectivity index (χ3v) is 3.47. The number of rotatable bonds is 7. The zero-order valence-electron chi connectivity index (χ0n) is 11.6. The third kappa shape index (κ3) is 4.71. The average Bonchev–Trinajstić information content (AvgIpc) is 2.41. The summed E-state index contributed by atoms with van der Waals surface area (Å²) in [6, 6.07) is 3.67. The summed E-state index contributed by atoms with van der Waals surface area (Å²) in [6.45, 7) is 3.68. The zero-order valence-corrected chi connectivity index (χ0v) is 12.3. The highest BCUT2D eigenvalue weighted by molar-refractivity contribution is 6.34. The van der Waals surface area contributed by atoms with E-state index in [1.54, 1.807) is 13.0 Å². The molecule has 108 valence electrons. The monoisotopic (exact) mass is 295 g/mol. The van der Waals surface area contributed by atoms with Crippen molar-refractivity contribution in [1.82, 2.24) is 4.98 Å². The minimum absolute atomic E-state index is 0.106. The predicted molar refractivity (Wildman–Crippen MR) is 77.7 cm³/mol. The molecule has 0 saturated carbocycles. The predicted octanol–water partition coefficient (Wildman–Crippen LogP) is 3.30. The second-order valence-corrected chi connectivity index (χ2v) is 5.23. The van der Waals surface area contributed by atoms with E-state index in [0.29, 0.717) is 22.8 Å². The third-order valence-electron chi connectivity index (χ3n) is 3.09. The average molecular weight is 296 g/mol. The molecule has 0 aliphatic rings. The Balaban J connectivity index is 2.49. The molecule has 1 aromatic heterocycles. The van der Waals surface area contributed by atoms with E-state index in [1.165, 1.54) is 6.20 Å². The Morgan fingerprint density at radius 2 is 2.25 bits per heavy atom. The van der Waals surface area contributed by atoms with Crippen molar-refractivity contribution in [2.45, 2.75) is 39.2 Å². The topological polar surface area (TPSA) is 86.0 Å². The van der Waals surface area contributed by atoms with E-state index < -0.39 is 5.97 Å². The van der Waals surface area contributed by atoms with Crippen LogP contribution in [0.1, 0.15) is 38.7 Å². The number of halogens is 1. The lowest BCUT2D eigenvalue weighted by Gasteiger charge is -2.16. The molecular formula is C14H18ClN3O2. The maximum atomic E-state index is 10.7. The summed E-state index contributed by atoms with van der Waals surface area (Å²) in [5.74, 6) is -0.604. The van der Waals surface area contributed by atoms with Gasteiger partial charge in [-0.3, -0.25) is 4.79 Å². The fraction of sp³-hybridized carbons (Fsp3) is 0.500. The smallest absolute Gasteiger partial charge is 0.306 e. The lowest BCUT2D eigenvalue weighted by atomic mass is 10.0. The van der Waals surface area contributed by atoms with Crippen LogP contribution in [0.3, 0.4) is 0 Å². The first-order chi connectivity index (χ1) is 9.45. The Labute approximate surface area is 123 Å². The second-order valence-electron chi connectivity index (χ2n) is 4.85. The van der Waals surface area contributed by atoms with Gasteiger partial charge in [-0.1, -0.05) is 24.9 Å². The lowest BCUT2D eigenvalue weighted by molar-refractivity contribution is -0.141. The van der Waals surface area contributed by atoms with Crippen LogP contribution < -0.4 is 5.32 Å². The van der Waals surface area contributed by atoms with Crippen LogP contribution in [0.4, 0.5) is 5.82 Å². The van der Waals surface area contributed by atoms with E-state index in [0.717, 1.165) is 12.8 Å². The summed E-state index contributed by atoms with van der Waals surface area (Å²) < 4.78 is 0. The molecule has 2 N–H and O–H groups in total. The molecule has 2 atom stereocenters. The van der Waals surface area contributed by atoms with E-state index in [2.05, 4.69) is 10.3 Å².